The van der Waals surface area contributed by atoms with E-state index >= 15 is 0 Å². The number of aromatic amines is 1. The first-order chi connectivity index (χ1) is 6.20. The van der Waals surface area contributed by atoms with Crippen LogP contribution in [0.4, 0.5) is 0 Å². The zero-order valence-electron chi connectivity index (χ0n) is 7.28. The van der Waals surface area contributed by atoms with Crippen molar-refractivity contribution in [3.8, 4) is 0 Å². The fraction of sp³-hybridized carbons (Fsp3) is 0.571. The third kappa shape index (κ3) is 3.20. The molecule has 1 aromatic rings. The van der Waals surface area contributed by atoms with E-state index in [4.69, 9.17) is 9.84 Å². The zero-order valence-corrected chi connectivity index (χ0v) is 7.28. The standard InChI is InChI=1S/C7H11N3O3/c1-5-6(9-10-8-5)2-3-13-4-7(11)12/h2-4H2,1H3,(H,11,12)(H,8,9,10). The van der Waals surface area contributed by atoms with E-state index in [0.29, 0.717) is 13.0 Å². The number of carboxylic acid groups (broad SMARTS) is 1. The molecule has 0 aliphatic heterocycles. The molecule has 72 valence electrons. The first-order valence-electron chi connectivity index (χ1n) is 3.86. The van der Waals surface area contributed by atoms with Gasteiger partial charge in [0, 0.05) is 6.42 Å². The van der Waals surface area contributed by atoms with Crippen molar-refractivity contribution in [2.75, 3.05) is 13.2 Å². The second-order valence-electron chi connectivity index (χ2n) is 2.55. The Hall–Kier alpha value is -1.43. The molecular weight excluding hydrogens is 174 g/mol. The Kier molecular flexibility index (Phi) is 3.39. The molecular formula is C7H11N3O3. The summed E-state index contributed by atoms with van der Waals surface area (Å²) in [5.74, 6) is -0.961. The Morgan fingerprint density at radius 2 is 2.38 bits per heavy atom. The second kappa shape index (κ2) is 4.56. The van der Waals surface area contributed by atoms with E-state index in [2.05, 4.69) is 15.4 Å². The quantitative estimate of drug-likeness (QED) is 0.618. The van der Waals surface area contributed by atoms with Crippen molar-refractivity contribution in [3.63, 3.8) is 0 Å². The Balaban J connectivity index is 2.20. The molecule has 0 radical (unpaired) electrons. The molecule has 0 aliphatic carbocycles. The fourth-order valence-corrected chi connectivity index (χ4v) is 0.871. The number of rotatable bonds is 5. The maximum absolute atomic E-state index is 10.1. The van der Waals surface area contributed by atoms with E-state index in [1.54, 1.807) is 0 Å². The maximum atomic E-state index is 10.1. The van der Waals surface area contributed by atoms with Gasteiger partial charge < -0.3 is 9.84 Å². The summed E-state index contributed by atoms with van der Waals surface area (Å²) in [6.07, 6.45) is 0.579. The predicted molar refractivity (Wildman–Crippen MR) is 43.3 cm³/mol. The summed E-state index contributed by atoms with van der Waals surface area (Å²) in [6.45, 7) is 1.91. The molecule has 1 rings (SSSR count). The van der Waals surface area contributed by atoms with Crippen LogP contribution in [0.25, 0.3) is 0 Å². The minimum Gasteiger partial charge on any atom is -0.480 e. The number of carboxylic acids is 1. The average molecular weight is 185 g/mol. The number of aromatic nitrogens is 3. The predicted octanol–water partition coefficient (Wildman–Crippen LogP) is -0.243. The van der Waals surface area contributed by atoms with Gasteiger partial charge in [0.1, 0.15) is 6.61 Å². The molecule has 13 heavy (non-hydrogen) atoms. The van der Waals surface area contributed by atoms with Crippen molar-refractivity contribution in [1.82, 2.24) is 15.4 Å². The van der Waals surface area contributed by atoms with Gasteiger partial charge in [0.15, 0.2) is 0 Å². The van der Waals surface area contributed by atoms with Gasteiger partial charge in [-0.2, -0.15) is 15.4 Å². The molecule has 2 N–H and O–H groups in total. The van der Waals surface area contributed by atoms with Crippen LogP contribution in [0.5, 0.6) is 0 Å². The van der Waals surface area contributed by atoms with Crippen molar-refractivity contribution < 1.29 is 14.6 Å². The number of hydrogen-bond donors (Lipinski definition) is 2. The highest BCUT2D eigenvalue weighted by molar-refractivity contribution is 5.67. The molecule has 0 fully saturated rings. The van der Waals surface area contributed by atoms with Gasteiger partial charge in [-0.15, -0.1) is 0 Å². The largest absolute Gasteiger partial charge is 0.480 e. The smallest absolute Gasteiger partial charge is 0.329 e. The molecule has 0 aliphatic rings. The number of ether oxygens (including phenoxy) is 1. The van der Waals surface area contributed by atoms with Gasteiger partial charge in [-0.1, -0.05) is 0 Å². The number of nitrogens with zero attached hydrogens (tertiary/aromatic N) is 2. The van der Waals surface area contributed by atoms with Crippen molar-refractivity contribution in [3.05, 3.63) is 11.4 Å². The molecule has 0 spiro atoms. The van der Waals surface area contributed by atoms with Crippen LogP contribution >= 0.6 is 0 Å². The molecule has 6 heteroatoms. The number of H-pyrrole nitrogens is 1. The van der Waals surface area contributed by atoms with Gasteiger partial charge in [0.2, 0.25) is 0 Å². The minimum atomic E-state index is -0.961. The van der Waals surface area contributed by atoms with Crippen LogP contribution in [0, 0.1) is 6.92 Å². The van der Waals surface area contributed by atoms with Crippen molar-refractivity contribution >= 4 is 5.97 Å². The number of hydrogen-bond acceptors (Lipinski definition) is 4. The molecule has 0 atom stereocenters. The molecule has 0 saturated heterocycles. The minimum absolute atomic E-state index is 0.267. The van der Waals surface area contributed by atoms with E-state index in [1.165, 1.54) is 0 Å². The van der Waals surface area contributed by atoms with E-state index in [-0.39, 0.29) is 6.61 Å². The fourth-order valence-electron chi connectivity index (χ4n) is 0.871. The third-order valence-corrected chi connectivity index (χ3v) is 1.53. The Morgan fingerprint density at radius 1 is 1.62 bits per heavy atom. The van der Waals surface area contributed by atoms with E-state index in [0.717, 1.165) is 11.4 Å². The Labute approximate surface area is 74.9 Å². The van der Waals surface area contributed by atoms with Gasteiger partial charge >= 0.3 is 5.97 Å². The summed E-state index contributed by atoms with van der Waals surface area (Å²) in [5.41, 5.74) is 1.63. The van der Waals surface area contributed by atoms with Gasteiger partial charge in [-0.3, -0.25) is 0 Å². The van der Waals surface area contributed by atoms with Crippen LogP contribution in [0.15, 0.2) is 0 Å². The van der Waals surface area contributed by atoms with Crippen LogP contribution in [0.3, 0.4) is 0 Å². The van der Waals surface area contributed by atoms with Crippen LogP contribution in [-0.2, 0) is 16.0 Å². The van der Waals surface area contributed by atoms with Crippen molar-refractivity contribution in [2.45, 2.75) is 13.3 Å². The lowest BCUT2D eigenvalue weighted by Crippen LogP contribution is -2.09. The SMILES string of the molecule is Cc1n[nH]nc1CCOCC(=O)O. The first-order valence-corrected chi connectivity index (χ1v) is 3.86. The highest BCUT2D eigenvalue weighted by Gasteiger charge is 2.02. The summed E-state index contributed by atoms with van der Waals surface area (Å²) < 4.78 is 4.84. The van der Waals surface area contributed by atoms with Crippen molar-refractivity contribution in [2.24, 2.45) is 0 Å². The molecule has 0 aromatic carbocycles. The van der Waals surface area contributed by atoms with Gasteiger partial charge in [-0.05, 0) is 6.92 Å². The molecule has 6 nitrogen and oxygen atoms in total. The summed E-state index contributed by atoms with van der Waals surface area (Å²) in [5, 5.41) is 18.4. The highest BCUT2D eigenvalue weighted by atomic mass is 16.5. The Morgan fingerprint density at radius 3 is 2.92 bits per heavy atom. The van der Waals surface area contributed by atoms with Gasteiger partial charge in [-0.25, -0.2) is 4.79 Å². The van der Waals surface area contributed by atoms with Crippen LogP contribution in [0.2, 0.25) is 0 Å². The lowest BCUT2D eigenvalue weighted by Gasteiger charge is -1.98. The van der Waals surface area contributed by atoms with E-state index in [9.17, 15) is 4.79 Å². The van der Waals surface area contributed by atoms with Crippen LogP contribution in [-0.4, -0.2) is 39.7 Å². The average Bonchev–Trinajstić information content (AvgIpc) is 2.45. The maximum Gasteiger partial charge on any atom is 0.329 e. The van der Waals surface area contributed by atoms with Gasteiger partial charge in [0.25, 0.3) is 0 Å². The number of aliphatic carboxylic acids is 1. The van der Waals surface area contributed by atoms with Crippen LogP contribution < -0.4 is 0 Å². The summed E-state index contributed by atoms with van der Waals surface area (Å²) in [4.78, 5) is 10.1. The molecule has 0 unspecified atom stereocenters. The van der Waals surface area contributed by atoms with E-state index < -0.39 is 5.97 Å². The van der Waals surface area contributed by atoms with Gasteiger partial charge in [0.05, 0.1) is 18.0 Å². The number of nitrogens with one attached hydrogen (secondary N) is 1. The van der Waals surface area contributed by atoms with E-state index in [1.807, 2.05) is 6.92 Å². The molecule has 0 amide bonds. The molecule has 1 heterocycles. The summed E-state index contributed by atoms with van der Waals surface area (Å²) >= 11 is 0. The molecule has 0 bridgehead atoms. The highest BCUT2D eigenvalue weighted by Crippen LogP contribution is 1.99. The summed E-state index contributed by atoms with van der Waals surface area (Å²) in [7, 11) is 0. The first kappa shape index (κ1) is 9.66. The molecule has 1 aromatic heterocycles. The lowest BCUT2D eigenvalue weighted by atomic mass is 10.3. The summed E-state index contributed by atoms with van der Waals surface area (Å²) in [6, 6.07) is 0. The normalized spacial score (nSPS) is 10.2. The lowest BCUT2D eigenvalue weighted by molar-refractivity contribution is -0.142. The monoisotopic (exact) mass is 185 g/mol. The second-order valence-corrected chi connectivity index (χ2v) is 2.55. The number of carbonyl (C=O) groups is 1. The zero-order chi connectivity index (χ0) is 9.68. The number of aryl methyl sites for hydroxylation is 1. The Bertz CT molecular complexity index is 284. The topological polar surface area (TPSA) is 88.1 Å². The molecule has 0 saturated carbocycles. The van der Waals surface area contributed by atoms with Crippen molar-refractivity contribution in [1.29, 1.82) is 0 Å². The third-order valence-electron chi connectivity index (χ3n) is 1.53. The van der Waals surface area contributed by atoms with Crippen LogP contribution in [0.1, 0.15) is 11.4 Å².